The lowest BCUT2D eigenvalue weighted by molar-refractivity contribution is 0.209. The van der Waals surface area contributed by atoms with E-state index < -0.39 is 16.1 Å². The molecule has 140 valence electrons. The van der Waals surface area contributed by atoms with Crippen LogP contribution >= 0.6 is 0 Å². The molecule has 1 saturated carbocycles. The molecule has 1 aliphatic rings. The predicted octanol–water partition coefficient (Wildman–Crippen LogP) is 3.81. The molecule has 0 aliphatic heterocycles. The van der Waals surface area contributed by atoms with Gasteiger partial charge in [0.2, 0.25) is 10.0 Å². The van der Waals surface area contributed by atoms with Crippen LogP contribution in [0.2, 0.25) is 0 Å². The van der Waals surface area contributed by atoms with E-state index >= 15 is 0 Å². The molecule has 0 bridgehead atoms. The van der Waals surface area contributed by atoms with E-state index in [1.807, 2.05) is 0 Å². The number of carboxylic acid groups (broad SMARTS) is 1. The summed E-state index contributed by atoms with van der Waals surface area (Å²) in [7, 11) is -3.41. The molecule has 1 fully saturated rings. The summed E-state index contributed by atoms with van der Waals surface area (Å²) in [6, 6.07) is 6.56. The molecule has 3 rings (SSSR count). The van der Waals surface area contributed by atoms with E-state index in [-0.39, 0.29) is 16.7 Å². The van der Waals surface area contributed by atoms with E-state index in [0.29, 0.717) is 29.8 Å². The first kappa shape index (κ1) is 18.2. The molecule has 1 amide bonds. The summed E-state index contributed by atoms with van der Waals surface area (Å²) in [5, 5.41) is 14.6. The van der Waals surface area contributed by atoms with Crippen LogP contribution in [0.25, 0.3) is 11.3 Å². The Hall–Kier alpha value is -2.55. The summed E-state index contributed by atoms with van der Waals surface area (Å²) < 4.78 is 32.8. The third-order valence-corrected chi connectivity index (χ3v) is 6.36. The number of aromatic nitrogens is 1. The molecule has 9 heteroatoms. The van der Waals surface area contributed by atoms with Gasteiger partial charge in [0.1, 0.15) is 11.4 Å². The molecule has 1 aromatic heterocycles. The number of anilines is 2. The summed E-state index contributed by atoms with van der Waals surface area (Å²) >= 11 is 0. The molecular weight excluding hydrogens is 358 g/mol. The molecule has 3 N–H and O–H groups in total. The Balaban J connectivity index is 1.78. The first-order valence-corrected chi connectivity index (χ1v) is 10.00. The highest BCUT2D eigenvalue weighted by Crippen LogP contribution is 2.32. The Morgan fingerprint density at radius 1 is 1.19 bits per heavy atom. The third kappa shape index (κ3) is 3.98. The van der Waals surface area contributed by atoms with Gasteiger partial charge in [0.25, 0.3) is 0 Å². The van der Waals surface area contributed by atoms with E-state index in [4.69, 9.17) is 9.63 Å². The minimum atomic E-state index is -3.41. The Morgan fingerprint density at radius 3 is 2.46 bits per heavy atom. The molecule has 0 spiro atoms. The van der Waals surface area contributed by atoms with Gasteiger partial charge in [0, 0.05) is 11.3 Å². The van der Waals surface area contributed by atoms with Crippen molar-refractivity contribution >= 4 is 27.5 Å². The number of carbonyl (C=O) groups is 1. The van der Waals surface area contributed by atoms with Crippen molar-refractivity contribution in [3.8, 4) is 11.3 Å². The quantitative estimate of drug-likeness (QED) is 0.726. The number of hydrogen-bond donors (Lipinski definition) is 3. The number of amides is 1. The van der Waals surface area contributed by atoms with Crippen LogP contribution in [-0.4, -0.2) is 30.0 Å². The van der Waals surface area contributed by atoms with Crippen molar-refractivity contribution < 1.29 is 22.8 Å². The Bertz CT molecular complexity index is 884. The lowest BCUT2D eigenvalue weighted by Crippen LogP contribution is -2.29. The SMILES string of the molecule is Cc1noc(-c2ccc(NS(=O)(=O)C3CCCCC3)cc2)c1NC(=O)O. The van der Waals surface area contributed by atoms with Gasteiger partial charge < -0.3 is 9.63 Å². The average molecular weight is 379 g/mol. The van der Waals surface area contributed by atoms with Crippen molar-refractivity contribution in [3.63, 3.8) is 0 Å². The molecular formula is C17H21N3O5S. The van der Waals surface area contributed by atoms with Crippen LogP contribution in [0.1, 0.15) is 37.8 Å². The molecule has 26 heavy (non-hydrogen) atoms. The van der Waals surface area contributed by atoms with Gasteiger partial charge in [-0.25, -0.2) is 13.2 Å². The maximum absolute atomic E-state index is 12.5. The second kappa shape index (κ2) is 7.36. The highest BCUT2D eigenvalue weighted by molar-refractivity contribution is 7.93. The van der Waals surface area contributed by atoms with Gasteiger partial charge in [0.15, 0.2) is 5.76 Å². The minimum Gasteiger partial charge on any atom is -0.465 e. The zero-order valence-corrected chi connectivity index (χ0v) is 15.2. The second-order valence-electron chi connectivity index (χ2n) is 6.39. The third-order valence-electron chi connectivity index (χ3n) is 4.49. The lowest BCUT2D eigenvalue weighted by Gasteiger charge is -2.22. The summed E-state index contributed by atoms with van der Waals surface area (Å²) in [4.78, 5) is 10.9. The molecule has 8 nitrogen and oxygen atoms in total. The first-order chi connectivity index (χ1) is 12.4. The second-order valence-corrected chi connectivity index (χ2v) is 8.35. The number of aryl methyl sites for hydroxylation is 1. The fourth-order valence-corrected chi connectivity index (χ4v) is 4.72. The standard InChI is InChI=1S/C17H21N3O5S/c1-11-15(18-17(21)22)16(25-19-11)12-7-9-13(10-8-12)20-26(23,24)14-5-3-2-4-6-14/h7-10,14,18,20H,2-6H2,1H3,(H,21,22). The van der Waals surface area contributed by atoms with Crippen molar-refractivity contribution in [2.75, 3.05) is 10.0 Å². The highest BCUT2D eigenvalue weighted by atomic mass is 32.2. The van der Waals surface area contributed by atoms with Gasteiger partial charge in [-0.1, -0.05) is 24.4 Å². The van der Waals surface area contributed by atoms with Crippen molar-refractivity contribution in [1.29, 1.82) is 0 Å². The molecule has 0 saturated heterocycles. The Morgan fingerprint density at radius 2 is 1.85 bits per heavy atom. The molecule has 1 heterocycles. The summed E-state index contributed by atoms with van der Waals surface area (Å²) in [6.07, 6.45) is 3.13. The number of nitrogens with one attached hydrogen (secondary N) is 2. The van der Waals surface area contributed by atoms with Crippen LogP contribution in [0.3, 0.4) is 0 Å². The normalized spacial score (nSPS) is 15.6. The van der Waals surface area contributed by atoms with Crippen LogP contribution in [0.4, 0.5) is 16.2 Å². The molecule has 0 radical (unpaired) electrons. The maximum Gasteiger partial charge on any atom is 0.409 e. The number of hydrogen-bond acceptors (Lipinski definition) is 5. The molecule has 1 aromatic carbocycles. The van der Waals surface area contributed by atoms with Crippen molar-refractivity contribution in [2.45, 2.75) is 44.3 Å². The van der Waals surface area contributed by atoms with Crippen LogP contribution in [-0.2, 0) is 10.0 Å². The topological polar surface area (TPSA) is 122 Å². The van der Waals surface area contributed by atoms with Gasteiger partial charge in [-0.3, -0.25) is 10.0 Å². The summed E-state index contributed by atoms with van der Waals surface area (Å²) in [6.45, 7) is 1.63. The fourth-order valence-electron chi connectivity index (χ4n) is 3.13. The van der Waals surface area contributed by atoms with Crippen molar-refractivity contribution in [1.82, 2.24) is 5.16 Å². The number of rotatable bonds is 5. The molecule has 0 atom stereocenters. The van der Waals surface area contributed by atoms with E-state index in [9.17, 15) is 13.2 Å². The summed E-state index contributed by atoms with van der Waals surface area (Å²) in [5.74, 6) is 0.284. The van der Waals surface area contributed by atoms with Crippen LogP contribution in [0, 0.1) is 6.92 Å². The molecule has 0 unspecified atom stereocenters. The van der Waals surface area contributed by atoms with E-state index in [2.05, 4.69) is 15.2 Å². The Kier molecular flexibility index (Phi) is 5.17. The molecule has 2 aromatic rings. The number of benzene rings is 1. The number of sulfonamides is 1. The van der Waals surface area contributed by atoms with Crippen LogP contribution < -0.4 is 10.0 Å². The zero-order valence-electron chi connectivity index (χ0n) is 14.4. The Labute approximate surface area is 151 Å². The summed E-state index contributed by atoms with van der Waals surface area (Å²) in [5.41, 5.74) is 1.75. The van der Waals surface area contributed by atoms with Crippen LogP contribution in [0.5, 0.6) is 0 Å². The van der Waals surface area contributed by atoms with Gasteiger partial charge >= 0.3 is 6.09 Å². The molecule has 1 aliphatic carbocycles. The van der Waals surface area contributed by atoms with E-state index in [1.54, 1.807) is 31.2 Å². The van der Waals surface area contributed by atoms with Gasteiger partial charge in [0.05, 0.1) is 5.25 Å². The monoisotopic (exact) mass is 379 g/mol. The lowest BCUT2D eigenvalue weighted by atomic mass is 10.0. The largest absolute Gasteiger partial charge is 0.465 e. The van der Waals surface area contributed by atoms with Gasteiger partial charge in [-0.2, -0.15) is 0 Å². The minimum absolute atomic E-state index is 0.271. The van der Waals surface area contributed by atoms with Crippen molar-refractivity contribution in [2.24, 2.45) is 0 Å². The fraction of sp³-hybridized carbons (Fsp3) is 0.412. The van der Waals surface area contributed by atoms with E-state index in [1.165, 1.54) is 0 Å². The van der Waals surface area contributed by atoms with Gasteiger partial charge in [-0.15, -0.1) is 0 Å². The first-order valence-electron chi connectivity index (χ1n) is 8.45. The van der Waals surface area contributed by atoms with Gasteiger partial charge in [-0.05, 0) is 44.0 Å². The average Bonchev–Trinajstić information content (AvgIpc) is 2.96. The predicted molar refractivity (Wildman–Crippen MR) is 97.7 cm³/mol. The smallest absolute Gasteiger partial charge is 0.409 e. The zero-order chi connectivity index (χ0) is 18.7. The highest BCUT2D eigenvalue weighted by Gasteiger charge is 2.27. The maximum atomic E-state index is 12.5. The van der Waals surface area contributed by atoms with Crippen LogP contribution in [0.15, 0.2) is 28.8 Å². The van der Waals surface area contributed by atoms with Crippen molar-refractivity contribution in [3.05, 3.63) is 30.0 Å². The van der Waals surface area contributed by atoms with E-state index in [0.717, 1.165) is 19.3 Å². The number of nitrogens with zero attached hydrogens (tertiary/aromatic N) is 1.